The van der Waals surface area contributed by atoms with Crippen LogP contribution in [0.3, 0.4) is 0 Å². The second kappa shape index (κ2) is 2.98. The topological polar surface area (TPSA) is 58.6 Å². The Bertz CT molecular complexity index is 131. The Morgan fingerprint density at radius 2 is 2.50 bits per heavy atom. The number of carbonyl (C=O) groups is 1. The highest BCUT2D eigenvalue weighted by molar-refractivity contribution is 5.76. The molecule has 0 amide bonds. The van der Waals surface area contributed by atoms with E-state index in [-0.39, 0.29) is 24.7 Å². The van der Waals surface area contributed by atoms with Crippen molar-refractivity contribution >= 4 is 5.97 Å². The van der Waals surface area contributed by atoms with E-state index in [1.165, 1.54) is 7.11 Å². The van der Waals surface area contributed by atoms with E-state index >= 15 is 0 Å². The molecule has 0 saturated carbocycles. The number of hydrogen-bond donors (Lipinski definition) is 2. The zero-order valence-corrected chi connectivity index (χ0v) is 5.83. The van der Waals surface area contributed by atoms with Gasteiger partial charge in [0.25, 0.3) is 0 Å². The van der Waals surface area contributed by atoms with Crippen LogP contribution in [0.25, 0.3) is 0 Å². The number of aliphatic hydroxyl groups is 1. The molecule has 1 saturated heterocycles. The van der Waals surface area contributed by atoms with Crippen molar-refractivity contribution in [1.82, 2.24) is 5.32 Å². The highest BCUT2D eigenvalue weighted by atomic mass is 16.5. The molecule has 1 rings (SSSR count). The summed E-state index contributed by atoms with van der Waals surface area (Å²) in [4.78, 5) is 10.7. The third-order valence-electron chi connectivity index (χ3n) is 1.66. The van der Waals surface area contributed by atoms with Gasteiger partial charge in [0.15, 0.2) is 0 Å². The fourth-order valence-corrected chi connectivity index (χ4v) is 0.978. The highest BCUT2D eigenvalue weighted by Crippen LogP contribution is 2.11. The summed E-state index contributed by atoms with van der Waals surface area (Å²) in [6, 6.07) is -0.105. The van der Waals surface area contributed by atoms with Crippen LogP contribution in [-0.2, 0) is 9.53 Å². The fraction of sp³-hybridized carbons (Fsp3) is 0.833. The largest absolute Gasteiger partial charge is 0.468 e. The lowest BCUT2D eigenvalue weighted by atomic mass is 9.98. The molecule has 4 heteroatoms. The molecule has 10 heavy (non-hydrogen) atoms. The van der Waals surface area contributed by atoms with Crippen LogP contribution in [0.5, 0.6) is 0 Å². The predicted molar refractivity (Wildman–Crippen MR) is 34.4 cm³/mol. The van der Waals surface area contributed by atoms with E-state index in [1.54, 1.807) is 0 Å². The Hall–Kier alpha value is -0.610. The summed E-state index contributed by atoms with van der Waals surface area (Å²) in [5.74, 6) is -0.246. The van der Waals surface area contributed by atoms with Gasteiger partial charge in [0.1, 0.15) is 6.04 Å². The summed E-state index contributed by atoms with van der Waals surface area (Å²) in [6.07, 6.45) is 0.684. The minimum absolute atomic E-state index is 0.0871. The first-order valence-electron chi connectivity index (χ1n) is 3.22. The van der Waals surface area contributed by atoms with Gasteiger partial charge in [-0.15, -0.1) is 0 Å². The van der Waals surface area contributed by atoms with Gasteiger partial charge in [-0.1, -0.05) is 0 Å². The lowest BCUT2D eigenvalue weighted by Crippen LogP contribution is -2.58. The maximum atomic E-state index is 10.7. The average molecular weight is 145 g/mol. The van der Waals surface area contributed by atoms with Crippen LogP contribution in [0.2, 0.25) is 0 Å². The van der Waals surface area contributed by atoms with Crippen LogP contribution in [0, 0.1) is 0 Å². The summed E-state index contributed by atoms with van der Waals surface area (Å²) in [5, 5.41) is 11.4. The molecule has 0 aliphatic carbocycles. The molecule has 0 aromatic heterocycles. The standard InChI is InChI=1S/C6H11NO3/c1-10-6(9)5-2-4(3-8)7-5/h4-5,7-8H,2-3H2,1H3/t4-,5+/m1/s1. The van der Waals surface area contributed by atoms with Crippen molar-refractivity contribution < 1.29 is 14.6 Å². The first-order chi connectivity index (χ1) is 4.77. The first-order valence-corrected chi connectivity index (χ1v) is 3.22. The fourth-order valence-electron chi connectivity index (χ4n) is 0.978. The number of hydrogen-bond acceptors (Lipinski definition) is 4. The van der Waals surface area contributed by atoms with E-state index in [1.807, 2.05) is 0 Å². The van der Waals surface area contributed by atoms with E-state index in [2.05, 4.69) is 10.1 Å². The van der Waals surface area contributed by atoms with Crippen LogP contribution in [0.4, 0.5) is 0 Å². The minimum atomic E-state index is -0.246. The lowest BCUT2D eigenvalue weighted by molar-refractivity contribution is -0.146. The predicted octanol–water partition coefficient (Wildman–Crippen LogP) is -1.12. The highest BCUT2D eigenvalue weighted by Gasteiger charge is 2.33. The molecule has 0 aromatic rings. The monoisotopic (exact) mass is 145 g/mol. The summed E-state index contributed by atoms with van der Waals surface area (Å²) >= 11 is 0. The number of methoxy groups -OCH3 is 1. The quantitative estimate of drug-likeness (QED) is 0.483. The Morgan fingerprint density at radius 3 is 2.90 bits per heavy atom. The smallest absolute Gasteiger partial charge is 0.322 e. The van der Waals surface area contributed by atoms with Crippen molar-refractivity contribution in [3.63, 3.8) is 0 Å². The molecule has 1 fully saturated rings. The van der Waals surface area contributed by atoms with Crippen LogP contribution in [-0.4, -0.2) is 36.9 Å². The Balaban J connectivity index is 2.19. The first kappa shape index (κ1) is 7.50. The Morgan fingerprint density at radius 1 is 1.90 bits per heavy atom. The molecule has 4 nitrogen and oxygen atoms in total. The minimum Gasteiger partial charge on any atom is -0.468 e. The van der Waals surface area contributed by atoms with Crippen molar-refractivity contribution in [1.29, 1.82) is 0 Å². The number of ether oxygens (including phenoxy) is 1. The van der Waals surface area contributed by atoms with Gasteiger partial charge < -0.3 is 9.84 Å². The summed E-state index contributed by atoms with van der Waals surface area (Å²) in [7, 11) is 1.36. The van der Waals surface area contributed by atoms with Crippen molar-refractivity contribution in [3.8, 4) is 0 Å². The Labute approximate surface area is 59.2 Å². The number of nitrogens with one attached hydrogen (secondary N) is 1. The van der Waals surface area contributed by atoms with Gasteiger partial charge in [-0.3, -0.25) is 10.1 Å². The van der Waals surface area contributed by atoms with Crippen molar-refractivity contribution in [2.24, 2.45) is 0 Å². The molecule has 0 radical (unpaired) electrons. The summed E-state index contributed by atoms with van der Waals surface area (Å²) in [5.41, 5.74) is 0. The van der Waals surface area contributed by atoms with E-state index in [0.29, 0.717) is 6.42 Å². The molecule has 0 unspecified atom stereocenters. The molecular formula is C6H11NO3. The van der Waals surface area contributed by atoms with Gasteiger partial charge in [-0.05, 0) is 6.42 Å². The lowest BCUT2D eigenvalue weighted by Gasteiger charge is -2.33. The third kappa shape index (κ3) is 1.27. The van der Waals surface area contributed by atoms with E-state index < -0.39 is 0 Å². The second-order valence-corrected chi connectivity index (χ2v) is 2.36. The molecule has 1 aliphatic heterocycles. The normalized spacial score (nSPS) is 31.0. The van der Waals surface area contributed by atoms with E-state index in [4.69, 9.17) is 5.11 Å². The van der Waals surface area contributed by atoms with Crippen molar-refractivity contribution in [2.45, 2.75) is 18.5 Å². The zero-order chi connectivity index (χ0) is 7.56. The van der Waals surface area contributed by atoms with Crippen molar-refractivity contribution in [3.05, 3.63) is 0 Å². The molecule has 1 heterocycles. The molecule has 2 atom stereocenters. The van der Waals surface area contributed by atoms with Crippen LogP contribution in [0.15, 0.2) is 0 Å². The van der Waals surface area contributed by atoms with E-state index in [9.17, 15) is 4.79 Å². The van der Waals surface area contributed by atoms with Crippen LogP contribution >= 0.6 is 0 Å². The average Bonchev–Trinajstić information content (AvgIpc) is 1.85. The molecular weight excluding hydrogens is 134 g/mol. The number of carbonyl (C=O) groups excluding carboxylic acids is 1. The zero-order valence-electron chi connectivity index (χ0n) is 5.83. The maximum absolute atomic E-state index is 10.7. The van der Waals surface area contributed by atoms with Gasteiger partial charge in [0.2, 0.25) is 0 Å². The van der Waals surface area contributed by atoms with Gasteiger partial charge >= 0.3 is 5.97 Å². The van der Waals surface area contributed by atoms with Gasteiger partial charge in [-0.2, -0.15) is 0 Å². The molecule has 0 aromatic carbocycles. The third-order valence-corrected chi connectivity index (χ3v) is 1.66. The summed E-state index contributed by atoms with van der Waals surface area (Å²) < 4.78 is 4.46. The number of rotatable bonds is 2. The van der Waals surface area contributed by atoms with Crippen molar-refractivity contribution in [2.75, 3.05) is 13.7 Å². The van der Waals surface area contributed by atoms with Gasteiger partial charge in [0.05, 0.1) is 13.7 Å². The Kier molecular flexibility index (Phi) is 2.24. The SMILES string of the molecule is COC(=O)[C@@H]1C[C@H](CO)N1. The van der Waals surface area contributed by atoms with Gasteiger partial charge in [-0.25, -0.2) is 0 Å². The van der Waals surface area contributed by atoms with E-state index in [0.717, 1.165) is 0 Å². The molecule has 2 N–H and O–H groups in total. The molecule has 0 spiro atoms. The van der Waals surface area contributed by atoms with Gasteiger partial charge in [0, 0.05) is 6.04 Å². The molecule has 1 aliphatic rings. The molecule has 0 bridgehead atoms. The second-order valence-electron chi connectivity index (χ2n) is 2.36. The van der Waals surface area contributed by atoms with Crippen LogP contribution in [0.1, 0.15) is 6.42 Å². The number of aliphatic hydroxyl groups excluding tert-OH is 1. The summed E-state index contributed by atoms with van der Waals surface area (Å²) in [6.45, 7) is 0.0908. The maximum Gasteiger partial charge on any atom is 0.322 e. The molecule has 58 valence electrons. The number of esters is 1. The van der Waals surface area contributed by atoms with Crippen LogP contribution < -0.4 is 5.32 Å².